The highest BCUT2D eigenvalue weighted by molar-refractivity contribution is 7.99. The highest BCUT2D eigenvalue weighted by Crippen LogP contribution is 2.47. The van der Waals surface area contributed by atoms with E-state index in [1.54, 1.807) is 0 Å². The van der Waals surface area contributed by atoms with Gasteiger partial charge in [-0.3, -0.25) is 0 Å². The van der Waals surface area contributed by atoms with Crippen LogP contribution in [0.3, 0.4) is 0 Å². The Hall–Kier alpha value is -2.26. The molecule has 0 saturated carbocycles. The first-order chi connectivity index (χ1) is 12.2. The maximum Gasteiger partial charge on any atom is 0.301 e. The van der Waals surface area contributed by atoms with Crippen LogP contribution >= 0.6 is 11.8 Å². The van der Waals surface area contributed by atoms with Gasteiger partial charge in [-0.2, -0.15) is 4.57 Å². The van der Waals surface area contributed by atoms with E-state index in [0.717, 1.165) is 6.42 Å². The second-order valence-corrected chi connectivity index (χ2v) is 7.65. The molecule has 2 heterocycles. The van der Waals surface area contributed by atoms with Crippen LogP contribution in [-0.4, -0.2) is 6.04 Å². The summed E-state index contributed by atoms with van der Waals surface area (Å²) in [6.07, 6.45) is 1.00. The van der Waals surface area contributed by atoms with Crippen molar-refractivity contribution in [1.29, 1.82) is 0 Å². The Kier molecular flexibility index (Phi) is 4.26. The van der Waals surface area contributed by atoms with Crippen molar-refractivity contribution in [3.8, 4) is 5.69 Å². The summed E-state index contributed by atoms with van der Waals surface area (Å²) in [6.45, 7) is 6.76. The van der Waals surface area contributed by atoms with Gasteiger partial charge in [0.15, 0.2) is 0 Å². The summed E-state index contributed by atoms with van der Waals surface area (Å²) in [5.74, 6) is 1.28. The molecule has 0 radical (unpaired) electrons. The third-order valence-electron chi connectivity index (χ3n) is 4.61. The molecule has 0 bridgehead atoms. The van der Waals surface area contributed by atoms with Gasteiger partial charge in [0.2, 0.25) is 0 Å². The summed E-state index contributed by atoms with van der Waals surface area (Å²) in [5.41, 5.74) is 3.85. The topological polar surface area (TPSA) is 7.12 Å². The fourth-order valence-electron chi connectivity index (χ4n) is 3.51. The van der Waals surface area contributed by atoms with Crippen LogP contribution in [0.15, 0.2) is 76.5 Å². The van der Waals surface area contributed by atoms with Gasteiger partial charge in [-0.25, -0.2) is 4.90 Å². The van der Waals surface area contributed by atoms with E-state index in [0.29, 0.717) is 6.04 Å². The number of benzene rings is 2. The van der Waals surface area contributed by atoms with Gasteiger partial charge in [-0.05, 0) is 50.2 Å². The van der Waals surface area contributed by atoms with Crippen molar-refractivity contribution in [3.63, 3.8) is 0 Å². The second kappa shape index (κ2) is 6.57. The average Bonchev–Trinajstić information content (AvgIpc) is 2.65. The number of para-hydroxylation sites is 2. The van der Waals surface area contributed by atoms with Crippen LogP contribution < -0.4 is 9.47 Å². The minimum Gasteiger partial charge on any atom is -0.223 e. The summed E-state index contributed by atoms with van der Waals surface area (Å²) < 4.78 is 2.43. The van der Waals surface area contributed by atoms with E-state index in [1.165, 1.54) is 32.7 Å². The molecule has 0 unspecified atom stereocenters. The number of anilines is 2. The summed E-state index contributed by atoms with van der Waals surface area (Å²) in [4.78, 5) is 5.12. The van der Waals surface area contributed by atoms with E-state index in [9.17, 15) is 0 Å². The summed E-state index contributed by atoms with van der Waals surface area (Å²) in [6, 6.07) is 24.4. The average molecular weight is 348 g/mol. The number of pyridine rings is 1. The maximum atomic E-state index is 2.48. The molecular formula is C22H23N2S+. The van der Waals surface area contributed by atoms with E-state index < -0.39 is 0 Å². The predicted octanol–water partition coefficient (Wildman–Crippen LogP) is 5.54. The maximum absolute atomic E-state index is 2.48. The van der Waals surface area contributed by atoms with Crippen LogP contribution in [0.5, 0.6) is 0 Å². The quantitative estimate of drug-likeness (QED) is 0.575. The first-order valence-electron chi connectivity index (χ1n) is 8.90. The lowest BCUT2D eigenvalue weighted by molar-refractivity contribution is -0.592. The Labute approximate surface area is 154 Å². The van der Waals surface area contributed by atoms with Gasteiger partial charge >= 0.3 is 5.82 Å². The van der Waals surface area contributed by atoms with Gasteiger partial charge in [0.1, 0.15) is 22.0 Å². The number of nitrogens with zero attached hydrogens (tertiary/aromatic N) is 2. The zero-order chi connectivity index (χ0) is 17.4. The number of fused-ring (bicyclic) bond motifs is 2. The molecule has 0 aliphatic carbocycles. The van der Waals surface area contributed by atoms with Gasteiger partial charge in [-0.15, -0.1) is 0 Å². The van der Waals surface area contributed by atoms with E-state index in [1.807, 2.05) is 11.8 Å². The van der Waals surface area contributed by atoms with E-state index >= 15 is 0 Å². The summed E-state index contributed by atoms with van der Waals surface area (Å²) in [5, 5.41) is 0. The molecule has 0 amide bonds. The molecule has 1 aromatic heterocycles. The van der Waals surface area contributed by atoms with Crippen molar-refractivity contribution in [1.82, 2.24) is 0 Å². The SMILES string of the molecule is CCc1ccc2c([n+]1-c1ccccc1)N(C(C)C)c1ccccc1S2. The third kappa shape index (κ3) is 2.73. The third-order valence-corrected chi connectivity index (χ3v) is 5.72. The fourth-order valence-corrected chi connectivity index (χ4v) is 4.58. The molecule has 1 aliphatic heterocycles. The monoisotopic (exact) mass is 347 g/mol. The summed E-state index contributed by atoms with van der Waals surface area (Å²) >= 11 is 1.87. The number of hydrogen-bond donors (Lipinski definition) is 0. The number of hydrogen-bond acceptors (Lipinski definition) is 2. The minimum atomic E-state index is 0.378. The molecule has 0 fully saturated rings. The van der Waals surface area contributed by atoms with Gasteiger partial charge in [0.25, 0.3) is 0 Å². The Morgan fingerprint density at radius 2 is 1.60 bits per heavy atom. The smallest absolute Gasteiger partial charge is 0.223 e. The summed E-state index contributed by atoms with van der Waals surface area (Å²) in [7, 11) is 0. The highest BCUT2D eigenvalue weighted by atomic mass is 32.2. The fraction of sp³-hybridized carbons (Fsp3) is 0.227. The molecule has 25 heavy (non-hydrogen) atoms. The van der Waals surface area contributed by atoms with Crippen molar-refractivity contribution in [2.45, 2.75) is 43.0 Å². The first kappa shape index (κ1) is 16.2. The van der Waals surface area contributed by atoms with Crippen molar-refractivity contribution < 1.29 is 4.57 Å². The lowest BCUT2D eigenvalue weighted by Crippen LogP contribution is -2.45. The van der Waals surface area contributed by atoms with E-state index in [4.69, 9.17) is 0 Å². The molecule has 2 nitrogen and oxygen atoms in total. The van der Waals surface area contributed by atoms with E-state index in [2.05, 4.69) is 97.0 Å². The van der Waals surface area contributed by atoms with Crippen molar-refractivity contribution in [2.75, 3.05) is 4.90 Å². The Morgan fingerprint density at radius 3 is 2.32 bits per heavy atom. The molecule has 4 rings (SSSR count). The van der Waals surface area contributed by atoms with Crippen LogP contribution in [0.25, 0.3) is 5.69 Å². The zero-order valence-corrected chi connectivity index (χ0v) is 15.8. The normalized spacial score (nSPS) is 12.9. The largest absolute Gasteiger partial charge is 0.301 e. The Morgan fingerprint density at radius 1 is 0.880 bits per heavy atom. The molecule has 0 N–H and O–H groups in total. The first-order valence-corrected chi connectivity index (χ1v) is 9.72. The number of rotatable bonds is 3. The predicted molar refractivity (Wildman–Crippen MR) is 105 cm³/mol. The van der Waals surface area contributed by atoms with Crippen LogP contribution in [0.2, 0.25) is 0 Å². The lowest BCUT2D eigenvalue weighted by atomic mass is 10.1. The lowest BCUT2D eigenvalue weighted by Gasteiger charge is -2.30. The molecule has 1 aliphatic rings. The molecule has 3 heteroatoms. The van der Waals surface area contributed by atoms with Crippen LogP contribution in [0.4, 0.5) is 11.5 Å². The molecule has 0 saturated heterocycles. The second-order valence-electron chi connectivity index (χ2n) is 6.57. The zero-order valence-electron chi connectivity index (χ0n) is 14.9. The Balaban J connectivity index is 2.03. The minimum absolute atomic E-state index is 0.378. The van der Waals surface area contributed by atoms with Crippen LogP contribution in [0, 0.1) is 0 Å². The van der Waals surface area contributed by atoms with Crippen LogP contribution in [-0.2, 0) is 6.42 Å². The van der Waals surface area contributed by atoms with Gasteiger partial charge in [0, 0.05) is 6.42 Å². The van der Waals surface area contributed by atoms with Crippen molar-refractivity contribution >= 4 is 23.3 Å². The van der Waals surface area contributed by atoms with Crippen molar-refractivity contribution in [2.24, 2.45) is 0 Å². The molecule has 126 valence electrons. The van der Waals surface area contributed by atoms with E-state index in [-0.39, 0.29) is 0 Å². The van der Waals surface area contributed by atoms with Gasteiger partial charge in [-0.1, -0.05) is 49.0 Å². The van der Waals surface area contributed by atoms with Crippen LogP contribution in [0.1, 0.15) is 26.5 Å². The number of aromatic nitrogens is 1. The molecule has 0 atom stereocenters. The Bertz CT molecular complexity index is 903. The standard InChI is InChI=1S/C22H23N2S/c1-4-17-14-15-21-22(24(17)18-10-6-5-7-11-18)23(16(2)3)19-12-8-9-13-20(19)25-21/h5-16H,4H2,1-3H3/q+1. The molecular weight excluding hydrogens is 324 g/mol. The van der Waals surface area contributed by atoms with Gasteiger partial charge in [0.05, 0.1) is 10.9 Å². The highest BCUT2D eigenvalue weighted by Gasteiger charge is 2.36. The number of aryl methyl sites for hydroxylation is 1. The molecule has 0 spiro atoms. The molecule has 3 aromatic rings. The van der Waals surface area contributed by atoms with Gasteiger partial charge < -0.3 is 0 Å². The molecule has 2 aromatic carbocycles. The van der Waals surface area contributed by atoms with Crippen molar-refractivity contribution in [3.05, 3.63) is 72.4 Å².